The van der Waals surface area contributed by atoms with Gasteiger partial charge in [-0.25, -0.2) is 0 Å². The minimum absolute atomic E-state index is 0.00325. The van der Waals surface area contributed by atoms with Crippen molar-refractivity contribution in [3.8, 4) is 0 Å². The Kier molecular flexibility index (Phi) is 4.71. The molecule has 0 unspecified atom stereocenters. The van der Waals surface area contributed by atoms with E-state index in [0.29, 0.717) is 24.7 Å². The molecule has 102 valence electrons. The van der Waals surface area contributed by atoms with Crippen LogP contribution in [0.25, 0.3) is 0 Å². The van der Waals surface area contributed by atoms with Crippen molar-refractivity contribution in [3.05, 3.63) is 12.2 Å². The number of carbonyl (C=O) groups excluding carboxylic acids is 2. The predicted molar refractivity (Wildman–Crippen MR) is 71.1 cm³/mol. The maximum Gasteiger partial charge on any atom is 0.302 e. The maximum atomic E-state index is 11.9. The second-order valence-corrected chi connectivity index (χ2v) is 5.72. The summed E-state index contributed by atoms with van der Waals surface area (Å²) in [6.07, 6.45) is 2.23. The smallest absolute Gasteiger partial charge is 0.302 e. The molecule has 3 nitrogen and oxygen atoms in total. The van der Waals surface area contributed by atoms with Crippen LogP contribution >= 0.6 is 0 Å². The van der Waals surface area contributed by atoms with Gasteiger partial charge in [0.15, 0.2) is 0 Å². The third-order valence-electron chi connectivity index (χ3n) is 4.49. The third-order valence-corrected chi connectivity index (χ3v) is 4.49. The van der Waals surface area contributed by atoms with Crippen LogP contribution in [0.4, 0.5) is 0 Å². The van der Waals surface area contributed by atoms with E-state index in [4.69, 9.17) is 4.74 Å². The van der Waals surface area contributed by atoms with Gasteiger partial charge in [-0.05, 0) is 31.1 Å². The van der Waals surface area contributed by atoms with Crippen molar-refractivity contribution in [2.75, 3.05) is 6.61 Å². The molecule has 0 bridgehead atoms. The second kappa shape index (κ2) is 5.68. The lowest BCUT2D eigenvalue weighted by Crippen LogP contribution is -2.43. The number of rotatable bonds is 4. The van der Waals surface area contributed by atoms with Crippen molar-refractivity contribution in [1.29, 1.82) is 0 Å². The molecule has 1 fully saturated rings. The van der Waals surface area contributed by atoms with Crippen LogP contribution in [0, 0.1) is 17.3 Å². The van der Waals surface area contributed by atoms with Gasteiger partial charge in [-0.3, -0.25) is 9.59 Å². The van der Waals surface area contributed by atoms with Crippen LogP contribution in [0.5, 0.6) is 0 Å². The van der Waals surface area contributed by atoms with Crippen molar-refractivity contribution in [1.82, 2.24) is 0 Å². The van der Waals surface area contributed by atoms with E-state index in [0.717, 1.165) is 18.4 Å². The maximum absolute atomic E-state index is 11.9. The van der Waals surface area contributed by atoms with Gasteiger partial charge in [0.05, 0.1) is 6.61 Å². The van der Waals surface area contributed by atoms with Crippen LogP contribution in [-0.2, 0) is 14.3 Å². The summed E-state index contributed by atoms with van der Waals surface area (Å²) in [6, 6.07) is 0. The van der Waals surface area contributed by atoms with Gasteiger partial charge in [0.2, 0.25) is 0 Å². The molecule has 0 N–H and O–H groups in total. The van der Waals surface area contributed by atoms with Gasteiger partial charge in [0, 0.05) is 19.3 Å². The van der Waals surface area contributed by atoms with E-state index < -0.39 is 0 Å². The molecule has 0 spiro atoms. The first-order chi connectivity index (χ1) is 8.29. The molecular formula is C15H24O3. The number of hydrogen-bond acceptors (Lipinski definition) is 3. The van der Waals surface area contributed by atoms with Crippen LogP contribution < -0.4 is 0 Å². The Hall–Kier alpha value is -1.12. The lowest BCUT2D eigenvalue weighted by Gasteiger charge is -2.46. The number of hydrogen-bond donors (Lipinski definition) is 0. The van der Waals surface area contributed by atoms with Crippen molar-refractivity contribution >= 4 is 11.8 Å². The number of Topliss-reactive ketones (excluding diaryl/α,β-unsaturated/α-hetero) is 1. The fourth-order valence-electron chi connectivity index (χ4n) is 3.12. The van der Waals surface area contributed by atoms with Gasteiger partial charge in [0.25, 0.3) is 0 Å². The minimum atomic E-state index is -0.264. The Morgan fingerprint density at radius 3 is 2.61 bits per heavy atom. The summed E-state index contributed by atoms with van der Waals surface area (Å²) < 4.78 is 5.04. The van der Waals surface area contributed by atoms with Crippen LogP contribution in [0.2, 0.25) is 0 Å². The Balaban J connectivity index is 2.83. The molecule has 3 heteroatoms. The standard InChI is InChI=1S/C15H24O3/c1-10(2)13-6-7-14(17)11(3)15(13,5)8-9-18-12(4)16/h11,13H,1,6-9H2,2-5H3/t11-,13-,15+/m1/s1. The first kappa shape index (κ1) is 14.9. The van der Waals surface area contributed by atoms with Crippen molar-refractivity contribution in [2.45, 2.75) is 47.0 Å². The molecule has 0 aromatic rings. The molecule has 1 rings (SSSR count). The molecule has 0 amide bonds. The molecule has 1 aliphatic carbocycles. The van der Waals surface area contributed by atoms with Gasteiger partial charge in [-0.1, -0.05) is 26.0 Å². The van der Waals surface area contributed by atoms with Crippen molar-refractivity contribution < 1.29 is 14.3 Å². The highest BCUT2D eigenvalue weighted by molar-refractivity contribution is 5.82. The largest absolute Gasteiger partial charge is 0.466 e. The Bertz CT molecular complexity index is 359. The van der Waals surface area contributed by atoms with E-state index in [-0.39, 0.29) is 17.3 Å². The zero-order valence-corrected chi connectivity index (χ0v) is 11.9. The van der Waals surface area contributed by atoms with E-state index in [1.807, 2.05) is 13.8 Å². The normalized spacial score (nSPS) is 32.1. The predicted octanol–water partition coefficient (Wildman–Crippen LogP) is 3.14. The minimum Gasteiger partial charge on any atom is -0.466 e. The number of ketones is 1. The monoisotopic (exact) mass is 252 g/mol. The number of carbonyl (C=O) groups is 2. The highest BCUT2D eigenvalue weighted by Crippen LogP contribution is 2.48. The van der Waals surface area contributed by atoms with Crippen molar-refractivity contribution in [3.63, 3.8) is 0 Å². The van der Waals surface area contributed by atoms with Gasteiger partial charge >= 0.3 is 5.97 Å². The summed E-state index contributed by atoms with van der Waals surface area (Å²) >= 11 is 0. The lowest BCUT2D eigenvalue weighted by molar-refractivity contribution is -0.143. The highest BCUT2D eigenvalue weighted by Gasteiger charge is 2.45. The zero-order valence-electron chi connectivity index (χ0n) is 11.9. The summed E-state index contributed by atoms with van der Waals surface area (Å²) in [5.41, 5.74) is 0.982. The summed E-state index contributed by atoms with van der Waals surface area (Å²) in [6.45, 7) is 12.0. The van der Waals surface area contributed by atoms with Gasteiger partial charge < -0.3 is 4.74 Å². The van der Waals surface area contributed by atoms with E-state index >= 15 is 0 Å². The topological polar surface area (TPSA) is 43.4 Å². The molecule has 18 heavy (non-hydrogen) atoms. The van der Waals surface area contributed by atoms with Crippen LogP contribution in [0.15, 0.2) is 12.2 Å². The average molecular weight is 252 g/mol. The Labute approximate surface area is 110 Å². The molecule has 0 radical (unpaired) electrons. The SMILES string of the molecule is C=C(C)[C@H]1CCC(=O)[C@@H](C)[C@]1(C)CCOC(C)=O. The molecule has 1 aliphatic rings. The average Bonchev–Trinajstić information content (AvgIpc) is 2.25. The summed E-state index contributed by atoms with van der Waals surface area (Å²) in [5, 5.41) is 0. The van der Waals surface area contributed by atoms with Crippen LogP contribution in [0.3, 0.4) is 0 Å². The van der Waals surface area contributed by atoms with E-state index in [9.17, 15) is 9.59 Å². The van der Waals surface area contributed by atoms with Gasteiger partial charge in [0.1, 0.15) is 5.78 Å². The van der Waals surface area contributed by atoms with Gasteiger partial charge in [-0.2, -0.15) is 0 Å². The first-order valence-corrected chi connectivity index (χ1v) is 6.60. The van der Waals surface area contributed by atoms with E-state index in [2.05, 4.69) is 13.5 Å². The molecule has 0 aliphatic heterocycles. The van der Waals surface area contributed by atoms with Gasteiger partial charge in [-0.15, -0.1) is 0 Å². The number of ether oxygens (including phenoxy) is 1. The molecule has 0 aromatic heterocycles. The molecule has 1 saturated carbocycles. The Morgan fingerprint density at radius 2 is 2.11 bits per heavy atom. The molecule has 3 atom stereocenters. The number of esters is 1. The fourth-order valence-corrected chi connectivity index (χ4v) is 3.12. The fraction of sp³-hybridized carbons (Fsp3) is 0.733. The lowest BCUT2D eigenvalue weighted by atomic mass is 9.58. The third kappa shape index (κ3) is 3.01. The zero-order chi connectivity index (χ0) is 13.9. The molecule has 0 heterocycles. The number of allylic oxidation sites excluding steroid dienone is 1. The van der Waals surface area contributed by atoms with Crippen molar-refractivity contribution in [2.24, 2.45) is 17.3 Å². The summed E-state index contributed by atoms with van der Waals surface area (Å²) in [7, 11) is 0. The second-order valence-electron chi connectivity index (χ2n) is 5.72. The van der Waals surface area contributed by atoms with Crippen LogP contribution in [-0.4, -0.2) is 18.4 Å². The molecule has 0 saturated heterocycles. The van der Waals surface area contributed by atoms with E-state index in [1.54, 1.807) is 0 Å². The molecular weight excluding hydrogens is 228 g/mol. The summed E-state index contributed by atoms with van der Waals surface area (Å²) in [5.74, 6) is 0.391. The Morgan fingerprint density at radius 1 is 1.50 bits per heavy atom. The quantitative estimate of drug-likeness (QED) is 0.570. The highest BCUT2D eigenvalue weighted by atomic mass is 16.5. The van der Waals surface area contributed by atoms with E-state index in [1.165, 1.54) is 6.92 Å². The first-order valence-electron chi connectivity index (χ1n) is 6.60. The van der Waals surface area contributed by atoms with Crippen LogP contribution in [0.1, 0.15) is 47.0 Å². The summed E-state index contributed by atoms with van der Waals surface area (Å²) in [4.78, 5) is 22.8. The molecule has 0 aromatic carbocycles.